The summed E-state index contributed by atoms with van der Waals surface area (Å²) >= 11 is 0. The van der Waals surface area contributed by atoms with E-state index in [0.29, 0.717) is 5.69 Å². The van der Waals surface area contributed by atoms with Crippen LogP contribution in [0.25, 0.3) is 38.8 Å². The molecule has 0 atom stereocenters. The van der Waals surface area contributed by atoms with Crippen molar-refractivity contribution in [3.05, 3.63) is 169 Å². The van der Waals surface area contributed by atoms with Gasteiger partial charge < -0.3 is 19.3 Å². The van der Waals surface area contributed by atoms with Gasteiger partial charge in [0.1, 0.15) is 5.82 Å². The fourth-order valence-electron chi connectivity index (χ4n) is 7.35. The molecule has 0 unspecified atom stereocenters. The van der Waals surface area contributed by atoms with E-state index in [1.807, 2.05) is 71.8 Å². The van der Waals surface area contributed by atoms with Crippen molar-refractivity contribution in [3.8, 4) is 16.9 Å². The van der Waals surface area contributed by atoms with Crippen LogP contribution < -0.4 is 14.7 Å². The molecule has 9 rings (SSSR count). The molecule has 3 heterocycles. The molecule has 51 heavy (non-hydrogen) atoms. The van der Waals surface area contributed by atoms with Crippen LogP contribution in [0.5, 0.6) is 0 Å². The number of hydrogen-bond donors (Lipinski definition) is 0. The Hall–Kier alpha value is -5.64. The van der Waals surface area contributed by atoms with Crippen molar-refractivity contribution in [2.45, 2.75) is 13.8 Å². The van der Waals surface area contributed by atoms with Crippen LogP contribution in [-0.4, -0.2) is 23.2 Å². The Labute approximate surface area is 317 Å². The van der Waals surface area contributed by atoms with E-state index in [9.17, 15) is 0 Å². The van der Waals surface area contributed by atoms with E-state index in [0.717, 1.165) is 61.6 Å². The number of rotatable bonds is 6. The molecule has 0 aliphatic carbocycles. The summed E-state index contributed by atoms with van der Waals surface area (Å²) in [4.78, 5) is 10.5. The maximum atomic E-state index is 8.21. The minimum Gasteiger partial charge on any atom is -0.358 e. The summed E-state index contributed by atoms with van der Waals surface area (Å²) in [6.45, 7) is 2.21. The van der Waals surface area contributed by atoms with Crippen molar-refractivity contribution in [2.24, 2.45) is 0 Å². The molecule has 8 aromatic rings. The van der Waals surface area contributed by atoms with Gasteiger partial charge in [-0.05, 0) is 84.0 Å². The van der Waals surface area contributed by atoms with Crippen LogP contribution in [0.15, 0.2) is 146 Å². The van der Waals surface area contributed by atoms with Gasteiger partial charge in [-0.15, -0.1) is 35.7 Å². The fraction of sp³-hybridized carbons (Fsp3) is 0.0889. The molecule has 5 nitrogen and oxygen atoms in total. The molecule has 0 amide bonds. The molecule has 0 bridgehead atoms. The third kappa shape index (κ3) is 5.59. The van der Waals surface area contributed by atoms with E-state index in [2.05, 4.69) is 114 Å². The zero-order valence-corrected chi connectivity index (χ0v) is 30.4. The van der Waals surface area contributed by atoms with E-state index < -0.39 is 6.98 Å². The summed E-state index contributed by atoms with van der Waals surface area (Å²) in [5.41, 5.74) is 11.6. The van der Waals surface area contributed by atoms with E-state index in [-0.39, 0.29) is 27.7 Å². The maximum absolute atomic E-state index is 8.21. The first kappa shape index (κ1) is 29.1. The standard InChI is InChI=1S/C45H35N5.Pt/c1-31-13-11-14-32(2)45(31)33-25-26-46-44(27-33)50-40-20-8-7-19-38(40)39-24-23-37(29-43(39)50)49(34-15-5-4-6-16-34)36-18-12-17-35(28-36)48-30-47(3)41-21-9-10-22-42(41)48;/h4-27H,30H2,1-3H3;/q-2;+2/i3D3;. The van der Waals surface area contributed by atoms with Crippen LogP contribution in [-0.2, 0) is 21.1 Å². The normalized spacial score (nSPS) is 13.4. The molecule has 1 aliphatic rings. The Morgan fingerprint density at radius 1 is 0.686 bits per heavy atom. The Balaban J connectivity index is 0.00000413. The smallest absolute Gasteiger partial charge is 0.358 e. The van der Waals surface area contributed by atoms with Crippen molar-refractivity contribution < 1.29 is 25.2 Å². The van der Waals surface area contributed by atoms with E-state index in [1.54, 1.807) is 0 Å². The van der Waals surface area contributed by atoms with Gasteiger partial charge in [0.15, 0.2) is 0 Å². The second-order valence-electron chi connectivity index (χ2n) is 12.7. The summed E-state index contributed by atoms with van der Waals surface area (Å²) in [6.07, 6.45) is 1.89. The van der Waals surface area contributed by atoms with Crippen molar-refractivity contribution in [1.82, 2.24) is 9.55 Å². The first-order valence-corrected chi connectivity index (χ1v) is 16.8. The minimum absolute atomic E-state index is 0. The molecule has 1 aliphatic heterocycles. The summed E-state index contributed by atoms with van der Waals surface area (Å²) < 4.78 is 26.8. The van der Waals surface area contributed by atoms with Crippen LogP contribution in [0, 0.1) is 26.0 Å². The second kappa shape index (κ2) is 13.2. The van der Waals surface area contributed by atoms with Gasteiger partial charge in [0.2, 0.25) is 0 Å². The number of fused-ring (bicyclic) bond motifs is 4. The van der Waals surface area contributed by atoms with Crippen molar-refractivity contribution >= 4 is 55.9 Å². The molecule has 6 aromatic carbocycles. The topological polar surface area (TPSA) is 27.5 Å². The van der Waals surface area contributed by atoms with E-state index in [4.69, 9.17) is 9.10 Å². The number of benzene rings is 6. The van der Waals surface area contributed by atoms with Gasteiger partial charge in [-0.3, -0.25) is 0 Å². The van der Waals surface area contributed by atoms with Gasteiger partial charge in [0, 0.05) is 28.5 Å². The van der Waals surface area contributed by atoms with E-state index >= 15 is 0 Å². The van der Waals surface area contributed by atoms with Crippen LogP contribution in [0.2, 0.25) is 0 Å². The van der Waals surface area contributed by atoms with Crippen molar-refractivity contribution in [1.29, 1.82) is 0 Å². The predicted octanol–water partition coefficient (Wildman–Crippen LogP) is 11.1. The zero-order chi connectivity index (χ0) is 36.3. The molecule has 0 N–H and O–H groups in total. The molecule has 250 valence electrons. The maximum Gasteiger partial charge on any atom is 2.00 e. The molecule has 0 spiro atoms. The third-order valence-corrected chi connectivity index (χ3v) is 9.61. The molecule has 2 aromatic heterocycles. The number of hydrogen-bond acceptors (Lipinski definition) is 4. The van der Waals surface area contributed by atoms with Gasteiger partial charge in [-0.25, -0.2) is 4.98 Å². The van der Waals surface area contributed by atoms with Gasteiger partial charge >= 0.3 is 21.1 Å². The first-order valence-electron chi connectivity index (χ1n) is 18.3. The number of anilines is 6. The predicted molar refractivity (Wildman–Crippen MR) is 208 cm³/mol. The van der Waals surface area contributed by atoms with E-state index in [1.165, 1.54) is 21.6 Å². The van der Waals surface area contributed by atoms with Crippen molar-refractivity contribution in [3.63, 3.8) is 0 Å². The number of para-hydroxylation sites is 4. The monoisotopic (exact) mass is 843 g/mol. The molecular weight excluding hydrogens is 806 g/mol. The average molecular weight is 844 g/mol. The van der Waals surface area contributed by atoms with Gasteiger partial charge in [0.25, 0.3) is 0 Å². The Morgan fingerprint density at radius 2 is 1.41 bits per heavy atom. The molecule has 0 saturated heterocycles. The number of aryl methyl sites for hydroxylation is 2. The van der Waals surface area contributed by atoms with Crippen LogP contribution in [0.4, 0.5) is 34.1 Å². The summed E-state index contributed by atoms with van der Waals surface area (Å²) in [5, 5.41) is 2.20. The second-order valence-corrected chi connectivity index (χ2v) is 12.7. The molecule has 0 saturated carbocycles. The van der Waals surface area contributed by atoms with Crippen LogP contribution in [0.1, 0.15) is 15.2 Å². The van der Waals surface area contributed by atoms with Crippen molar-refractivity contribution in [2.75, 3.05) is 28.3 Å². The van der Waals surface area contributed by atoms with Crippen LogP contribution >= 0.6 is 0 Å². The number of pyridine rings is 1. The fourth-order valence-corrected chi connectivity index (χ4v) is 7.35. The minimum atomic E-state index is -2.28. The molecule has 6 heteroatoms. The largest absolute Gasteiger partial charge is 2.00 e. The summed E-state index contributed by atoms with van der Waals surface area (Å²) in [6, 6.07) is 54.7. The summed E-state index contributed by atoms with van der Waals surface area (Å²) in [7, 11) is 0. The van der Waals surface area contributed by atoms with Gasteiger partial charge in [0.05, 0.1) is 18.0 Å². The van der Waals surface area contributed by atoms with Gasteiger partial charge in [-0.1, -0.05) is 89.3 Å². The molecular formula is C45H35N5Pt. The Kier molecular flexibility index (Phi) is 7.56. The number of aromatic nitrogens is 2. The quantitative estimate of drug-likeness (QED) is 0.156. The summed E-state index contributed by atoms with van der Waals surface area (Å²) in [5.74, 6) is 0.816. The average Bonchev–Trinajstić information content (AvgIpc) is 3.72. The molecule has 0 radical (unpaired) electrons. The Bertz CT molecular complexity index is 2630. The first-order chi connectivity index (χ1) is 25.8. The van der Waals surface area contributed by atoms with Gasteiger partial charge in [-0.2, -0.15) is 12.1 Å². The third-order valence-electron chi connectivity index (χ3n) is 9.61. The zero-order valence-electron chi connectivity index (χ0n) is 31.1. The number of nitrogens with zero attached hydrogens (tertiary/aromatic N) is 5. The molecule has 0 fully saturated rings. The Morgan fingerprint density at radius 3 is 2.24 bits per heavy atom. The van der Waals surface area contributed by atoms with Crippen LogP contribution in [0.3, 0.4) is 0 Å². The SMILES string of the molecule is [2H]C([2H])([2H])N1CN(c2[c-]c(N(c3[c-]c4c(cc3)c3ccccc3n4-c3cc(-c4c(C)cccc4C)ccn3)c3ccccc3)ccc2)c2ccccc21.[Pt+2].